The Hall–Kier alpha value is -1.14. The van der Waals surface area contributed by atoms with Gasteiger partial charge in [0.2, 0.25) is 0 Å². The van der Waals surface area contributed by atoms with Gasteiger partial charge in [-0.15, -0.1) is 11.3 Å². The van der Waals surface area contributed by atoms with Crippen molar-refractivity contribution < 1.29 is 9.53 Å². The monoisotopic (exact) mass is 365 g/mol. The maximum absolute atomic E-state index is 12.6. The SMILES string of the molecule is CC(C)(C)OC(=O)N1CCCC1C1CCCCC1NCc1cscn1. The van der Waals surface area contributed by atoms with Crippen molar-refractivity contribution in [3.63, 3.8) is 0 Å². The van der Waals surface area contributed by atoms with Crippen molar-refractivity contribution >= 4 is 17.4 Å². The number of rotatable bonds is 4. The quantitative estimate of drug-likeness (QED) is 0.869. The second-order valence-electron chi connectivity index (χ2n) is 8.30. The molecule has 140 valence electrons. The van der Waals surface area contributed by atoms with Gasteiger partial charge in [-0.1, -0.05) is 12.8 Å². The van der Waals surface area contributed by atoms with Gasteiger partial charge in [-0.25, -0.2) is 9.78 Å². The first-order chi connectivity index (χ1) is 11.9. The van der Waals surface area contributed by atoms with E-state index in [1.807, 2.05) is 31.2 Å². The van der Waals surface area contributed by atoms with Crippen molar-refractivity contribution in [2.24, 2.45) is 5.92 Å². The molecule has 1 amide bonds. The summed E-state index contributed by atoms with van der Waals surface area (Å²) in [4.78, 5) is 19.0. The molecule has 2 fully saturated rings. The molecule has 0 spiro atoms. The van der Waals surface area contributed by atoms with Crippen LogP contribution in [0.25, 0.3) is 0 Å². The van der Waals surface area contributed by atoms with Crippen LogP contribution in [-0.2, 0) is 11.3 Å². The summed E-state index contributed by atoms with van der Waals surface area (Å²) in [6.45, 7) is 7.47. The van der Waals surface area contributed by atoms with E-state index in [-0.39, 0.29) is 6.09 Å². The van der Waals surface area contributed by atoms with Gasteiger partial charge in [0, 0.05) is 30.6 Å². The minimum Gasteiger partial charge on any atom is -0.444 e. The number of ether oxygens (including phenoxy) is 1. The molecule has 1 aromatic rings. The van der Waals surface area contributed by atoms with Crippen LogP contribution in [0.2, 0.25) is 0 Å². The molecule has 3 rings (SSSR count). The molecule has 1 aromatic heterocycles. The van der Waals surface area contributed by atoms with Gasteiger partial charge in [0.25, 0.3) is 0 Å². The molecule has 1 aliphatic carbocycles. The summed E-state index contributed by atoms with van der Waals surface area (Å²) in [6.07, 6.45) is 6.95. The van der Waals surface area contributed by atoms with Gasteiger partial charge in [-0.05, 0) is 52.4 Å². The van der Waals surface area contributed by atoms with E-state index in [0.717, 1.165) is 31.6 Å². The lowest BCUT2D eigenvalue weighted by Crippen LogP contribution is -2.50. The summed E-state index contributed by atoms with van der Waals surface area (Å²) >= 11 is 1.64. The summed E-state index contributed by atoms with van der Waals surface area (Å²) < 4.78 is 5.65. The first-order valence-electron chi connectivity index (χ1n) is 9.54. The zero-order valence-corrected chi connectivity index (χ0v) is 16.5. The highest BCUT2D eigenvalue weighted by Gasteiger charge is 2.40. The van der Waals surface area contributed by atoms with E-state index in [9.17, 15) is 4.79 Å². The van der Waals surface area contributed by atoms with E-state index in [2.05, 4.69) is 15.7 Å². The number of hydrogen-bond donors (Lipinski definition) is 1. The third kappa shape index (κ3) is 4.94. The smallest absolute Gasteiger partial charge is 0.410 e. The normalized spacial score (nSPS) is 27.5. The van der Waals surface area contributed by atoms with Crippen LogP contribution in [0.1, 0.15) is 65.0 Å². The zero-order valence-electron chi connectivity index (χ0n) is 15.7. The van der Waals surface area contributed by atoms with Crippen LogP contribution in [-0.4, -0.2) is 40.2 Å². The third-order valence-electron chi connectivity index (χ3n) is 5.27. The van der Waals surface area contributed by atoms with E-state index in [4.69, 9.17) is 4.74 Å². The predicted molar refractivity (Wildman–Crippen MR) is 101 cm³/mol. The maximum Gasteiger partial charge on any atom is 0.410 e. The topological polar surface area (TPSA) is 54.5 Å². The van der Waals surface area contributed by atoms with E-state index < -0.39 is 5.60 Å². The highest BCUT2D eigenvalue weighted by atomic mass is 32.1. The Morgan fingerprint density at radius 2 is 2.12 bits per heavy atom. The van der Waals surface area contributed by atoms with Gasteiger partial charge < -0.3 is 15.0 Å². The van der Waals surface area contributed by atoms with E-state index in [1.165, 1.54) is 25.7 Å². The van der Waals surface area contributed by atoms with E-state index >= 15 is 0 Å². The molecule has 5 nitrogen and oxygen atoms in total. The minimum atomic E-state index is -0.431. The fourth-order valence-electron chi connectivity index (χ4n) is 4.22. The average molecular weight is 366 g/mol. The number of nitrogens with one attached hydrogen (secondary N) is 1. The van der Waals surface area contributed by atoms with Gasteiger partial charge in [-0.3, -0.25) is 0 Å². The molecule has 1 saturated carbocycles. The molecule has 3 atom stereocenters. The summed E-state index contributed by atoms with van der Waals surface area (Å²) in [5.74, 6) is 0.516. The molecule has 1 saturated heterocycles. The van der Waals surface area contributed by atoms with Crippen molar-refractivity contribution in [2.75, 3.05) is 6.54 Å². The Kier molecular flexibility index (Phi) is 6.00. The van der Waals surface area contributed by atoms with Crippen LogP contribution in [0, 0.1) is 5.92 Å². The number of amides is 1. The molecular formula is C19H31N3O2S. The summed E-state index contributed by atoms with van der Waals surface area (Å²) in [6, 6.07) is 0.770. The fourth-order valence-corrected chi connectivity index (χ4v) is 4.78. The molecule has 1 N–H and O–H groups in total. The van der Waals surface area contributed by atoms with Gasteiger partial charge in [-0.2, -0.15) is 0 Å². The summed E-state index contributed by atoms with van der Waals surface area (Å²) in [7, 11) is 0. The molecule has 0 bridgehead atoms. The second kappa shape index (κ2) is 8.04. The number of nitrogens with zero attached hydrogens (tertiary/aromatic N) is 2. The lowest BCUT2D eigenvalue weighted by atomic mass is 9.79. The van der Waals surface area contributed by atoms with Crippen LogP contribution < -0.4 is 5.32 Å². The van der Waals surface area contributed by atoms with Gasteiger partial charge in [0.1, 0.15) is 5.60 Å². The van der Waals surface area contributed by atoms with Crippen molar-refractivity contribution in [1.29, 1.82) is 0 Å². The molecule has 0 radical (unpaired) electrons. The molecule has 0 aromatic carbocycles. The summed E-state index contributed by atoms with van der Waals surface area (Å²) in [5.41, 5.74) is 2.57. The maximum atomic E-state index is 12.6. The molecular weight excluding hydrogens is 334 g/mol. The number of thiazole rings is 1. The van der Waals surface area contributed by atoms with Crippen LogP contribution in [0.15, 0.2) is 10.9 Å². The van der Waals surface area contributed by atoms with Crippen LogP contribution in [0.4, 0.5) is 4.79 Å². The highest BCUT2D eigenvalue weighted by Crippen LogP contribution is 2.35. The Bertz CT molecular complexity index is 556. The number of likely N-dealkylation sites (tertiary alicyclic amines) is 1. The molecule has 2 aliphatic rings. The van der Waals surface area contributed by atoms with Gasteiger partial charge in [0.15, 0.2) is 0 Å². The lowest BCUT2D eigenvalue weighted by molar-refractivity contribution is 0.0132. The molecule has 2 heterocycles. The summed E-state index contributed by atoms with van der Waals surface area (Å²) in [5, 5.41) is 5.83. The van der Waals surface area contributed by atoms with Crippen molar-refractivity contribution in [1.82, 2.24) is 15.2 Å². The van der Waals surface area contributed by atoms with Gasteiger partial charge in [0.05, 0.1) is 11.2 Å². The standard InChI is InChI=1S/C19H31N3O2S/c1-19(2,3)24-18(23)22-10-6-9-17(22)15-7-4-5-8-16(15)20-11-14-12-25-13-21-14/h12-13,15-17,20H,4-11H2,1-3H3. The first kappa shape index (κ1) is 18.6. The van der Waals surface area contributed by atoms with E-state index in [0.29, 0.717) is 18.0 Å². The largest absolute Gasteiger partial charge is 0.444 e. The zero-order chi connectivity index (χ0) is 17.9. The Balaban J connectivity index is 1.64. The van der Waals surface area contributed by atoms with Crippen molar-refractivity contribution in [2.45, 2.75) is 83.5 Å². The Morgan fingerprint density at radius 3 is 2.84 bits per heavy atom. The number of carbonyl (C=O) groups is 1. The first-order valence-corrected chi connectivity index (χ1v) is 10.5. The minimum absolute atomic E-state index is 0.140. The van der Waals surface area contributed by atoms with Crippen LogP contribution >= 0.6 is 11.3 Å². The third-order valence-corrected chi connectivity index (χ3v) is 5.90. The van der Waals surface area contributed by atoms with E-state index in [1.54, 1.807) is 11.3 Å². The fraction of sp³-hybridized carbons (Fsp3) is 0.789. The Morgan fingerprint density at radius 1 is 1.32 bits per heavy atom. The van der Waals surface area contributed by atoms with Gasteiger partial charge >= 0.3 is 6.09 Å². The highest BCUT2D eigenvalue weighted by molar-refractivity contribution is 7.07. The Labute approximate surface area is 155 Å². The molecule has 1 aliphatic heterocycles. The van der Waals surface area contributed by atoms with Crippen molar-refractivity contribution in [3.8, 4) is 0 Å². The lowest BCUT2D eigenvalue weighted by Gasteiger charge is -2.40. The molecule has 3 unspecified atom stereocenters. The second-order valence-corrected chi connectivity index (χ2v) is 9.02. The predicted octanol–water partition coefficient (Wildman–Crippen LogP) is 4.19. The van der Waals surface area contributed by atoms with Crippen LogP contribution in [0.5, 0.6) is 0 Å². The van der Waals surface area contributed by atoms with Crippen LogP contribution in [0.3, 0.4) is 0 Å². The number of aromatic nitrogens is 1. The van der Waals surface area contributed by atoms with Crippen molar-refractivity contribution in [3.05, 3.63) is 16.6 Å². The number of hydrogen-bond acceptors (Lipinski definition) is 5. The average Bonchev–Trinajstić information content (AvgIpc) is 3.23. The number of carbonyl (C=O) groups excluding carboxylic acids is 1. The molecule has 6 heteroatoms. The molecule has 25 heavy (non-hydrogen) atoms.